The molecule has 0 fully saturated rings. The van der Waals surface area contributed by atoms with Crippen LogP contribution in [0.25, 0.3) is 0 Å². The second kappa shape index (κ2) is 5.78. The Balaban J connectivity index is 2.12. The molecule has 1 amide bonds. The van der Waals surface area contributed by atoms with Crippen molar-refractivity contribution in [2.24, 2.45) is 5.73 Å². The van der Waals surface area contributed by atoms with Gasteiger partial charge in [-0.3, -0.25) is 9.59 Å². The number of hydrogen-bond donors (Lipinski definition) is 1. The van der Waals surface area contributed by atoms with E-state index in [-0.39, 0.29) is 5.78 Å². The standard InChI is InChI=1S/C17H14ClNO2S/c1-9(17(19)21)10-6-7-14-12(8-10)16(20)15(18)11-4-2-3-5-13(11)22-14/h2-9,15H,1H3,(H2,19,21). The number of primary amides is 1. The first kappa shape index (κ1) is 15.1. The average molecular weight is 332 g/mol. The van der Waals surface area contributed by atoms with Crippen LogP contribution in [0.15, 0.2) is 52.3 Å². The van der Waals surface area contributed by atoms with Crippen molar-refractivity contribution >= 4 is 35.1 Å². The monoisotopic (exact) mass is 331 g/mol. The molecule has 0 saturated carbocycles. The van der Waals surface area contributed by atoms with Gasteiger partial charge in [-0.2, -0.15) is 0 Å². The summed E-state index contributed by atoms with van der Waals surface area (Å²) < 4.78 is 0. The van der Waals surface area contributed by atoms with Crippen molar-refractivity contribution in [3.05, 3.63) is 59.2 Å². The van der Waals surface area contributed by atoms with E-state index in [1.54, 1.807) is 13.0 Å². The van der Waals surface area contributed by atoms with Crippen LogP contribution < -0.4 is 5.73 Å². The average Bonchev–Trinajstić information content (AvgIpc) is 2.63. The fraction of sp³-hybridized carbons (Fsp3) is 0.176. The SMILES string of the molecule is CC(C(N)=O)c1ccc2c(c1)C(=O)C(Cl)c1ccccc1S2. The Hall–Kier alpha value is -1.78. The van der Waals surface area contributed by atoms with E-state index in [1.165, 1.54) is 11.8 Å². The molecule has 0 saturated heterocycles. The van der Waals surface area contributed by atoms with Gasteiger partial charge in [0, 0.05) is 15.4 Å². The Morgan fingerprint density at radius 1 is 1.23 bits per heavy atom. The molecule has 2 aromatic rings. The van der Waals surface area contributed by atoms with E-state index in [0.717, 1.165) is 20.9 Å². The van der Waals surface area contributed by atoms with Gasteiger partial charge in [0.15, 0.2) is 5.78 Å². The quantitative estimate of drug-likeness (QED) is 0.849. The first-order valence-electron chi connectivity index (χ1n) is 6.87. The summed E-state index contributed by atoms with van der Waals surface area (Å²) in [6.45, 7) is 1.73. The number of hydrogen-bond acceptors (Lipinski definition) is 3. The van der Waals surface area contributed by atoms with Crippen molar-refractivity contribution in [1.29, 1.82) is 0 Å². The van der Waals surface area contributed by atoms with Crippen LogP contribution in [0, 0.1) is 0 Å². The van der Waals surface area contributed by atoms with Gasteiger partial charge in [0.2, 0.25) is 5.91 Å². The maximum absolute atomic E-state index is 12.7. The zero-order valence-electron chi connectivity index (χ0n) is 11.9. The minimum absolute atomic E-state index is 0.146. The number of carbonyl (C=O) groups is 2. The highest BCUT2D eigenvalue weighted by Crippen LogP contribution is 2.43. The summed E-state index contributed by atoms with van der Waals surface area (Å²) in [6, 6.07) is 13.1. The number of Topliss-reactive ketones (excluding diaryl/α,β-unsaturated/α-hetero) is 1. The van der Waals surface area contributed by atoms with Crippen LogP contribution in [0.2, 0.25) is 0 Å². The van der Waals surface area contributed by atoms with Gasteiger partial charge in [0.25, 0.3) is 0 Å². The fourth-order valence-electron chi connectivity index (χ4n) is 2.44. The van der Waals surface area contributed by atoms with Gasteiger partial charge in [0.05, 0.1) is 5.92 Å². The van der Waals surface area contributed by atoms with Crippen LogP contribution >= 0.6 is 23.4 Å². The topological polar surface area (TPSA) is 60.2 Å². The zero-order valence-corrected chi connectivity index (χ0v) is 13.4. The van der Waals surface area contributed by atoms with Crippen LogP contribution in [0.4, 0.5) is 0 Å². The lowest BCUT2D eigenvalue weighted by Gasteiger charge is -2.12. The Bertz CT molecular complexity index is 775. The van der Waals surface area contributed by atoms with E-state index < -0.39 is 17.2 Å². The van der Waals surface area contributed by atoms with Gasteiger partial charge in [-0.05, 0) is 36.2 Å². The molecule has 2 aromatic carbocycles. The molecule has 1 heterocycles. The number of ketones is 1. The number of benzene rings is 2. The van der Waals surface area contributed by atoms with E-state index in [2.05, 4.69) is 0 Å². The molecule has 3 rings (SSSR count). The second-order valence-corrected chi connectivity index (χ2v) is 6.77. The molecule has 5 heteroatoms. The highest BCUT2D eigenvalue weighted by atomic mass is 35.5. The maximum Gasteiger partial charge on any atom is 0.224 e. The third kappa shape index (κ3) is 2.53. The Kier molecular flexibility index (Phi) is 3.98. The predicted molar refractivity (Wildman–Crippen MR) is 87.5 cm³/mol. The number of alkyl halides is 1. The minimum atomic E-state index is -0.718. The highest BCUT2D eigenvalue weighted by Gasteiger charge is 2.29. The van der Waals surface area contributed by atoms with Gasteiger partial charge < -0.3 is 5.73 Å². The molecule has 0 aliphatic carbocycles. The number of amides is 1. The first-order valence-corrected chi connectivity index (χ1v) is 8.12. The lowest BCUT2D eigenvalue weighted by atomic mass is 9.95. The molecule has 0 aromatic heterocycles. The molecule has 1 aliphatic heterocycles. The molecule has 2 unspecified atom stereocenters. The van der Waals surface area contributed by atoms with Gasteiger partial charge in [-0.25, -0.2) is 0 Å². The summed E-state index contributed by atoms with van der Waals surface area (Å²) >= 11 is 7.89. The van der Waals surface area contributed by atoms with Crippen molar-refractivity contribution < 1.29 is 9.59 Å². The molecule has 0 bridgehead atoms. The highest BCUT2D eigenvalue weighted by molar-refractivity contribution is 7.99. The summed E-state index contributed by atoms with van der Waals surface area (Å²) in [5.41, 5.74) is 7.45. The number of halogens is 1. The van der Waals surface area contributed by atoms with E-state index in [9.17, 15) is 9.59 Å². The van der Waals surface area contributed by atoms with Crippen LogP contribution in [0.3, 0.4) is 0 Å². The summed E-state index contributed by atoms with van der Waals surface area (Å²) in [7, 11) is 0. The lowest BCUT2D eigenvalue weighted by molar-refractivity contribution is -0.119. The van der Waals surface area contributed by atoms with Gasteiger partial charge in [-0.1, -0.05) is 36.0 Å². The molecule has 0 spiro atoms. The lowest BCUT2D eigenvalue weighted by Crippen LogP contribution is -2.19. The van der Waals surface area contributed by atoms with E-state index in [1.807, 2.05) is 36.4 Å². The molecule has 2 N–H and O–H groups in total. The smallest absolute Gasteiger partial charge is 0.224 e. The summed E-state index contributed by atoms with van der Waals surface area (Å²) in [5, 5.41) is -0.718. The number of rotatable bonds is 2. The second-order valence-electron chi connectivity index (χ2n) is 5.25. The molecule has 1 aliphatic rings. The molecule has 22 heavy (non-hydrogen) atoms. The molecular weight excluding hydrogens is 318 g/mol. The Labute approximate surface area is 137 Å². The maximum atomic E-state index is 12.7. The van der Waals surface area contributed by atoms with Gasteiger partial charge in [0.1, 0.15) is 5.38 Å². The summed E-state index contributed by atoms with van der Waals surface area (Å²) in [5.74, 6) is -1.01. The normalized spacial score (nSPS) is 18.1. The predicted octanol–water partition coefficient (Wildman–Crippen LogP) is 3.90. The molecule has 3 nitrogen and oxygen atoms in total. The minimum Gasteiger partial charge on any atom is -0.369 e. The van der Waals surface area contributed by atoms with E-state index >= 15 is 0 Å². The summed E-state index contributed by atoms with van der Waals surface area (Å²) in [6.07, 6.45) is 0. The van der Waals surface area contributed by atoms with E-state index in [4.69, 9.17) is 17.3 Å². The van der Waals surface area contributed by atoms with Crippen molar-refractivity contribution in [1.82, 2.24) is 0 Å². The van der Waals surface area contributed by atoms with Crippen molar-refractivity contribution in [3.8, 4) is 0 Å². The van der Waals surface area contributed by atoms with Gasteiger partial charge >= 0.3 is 0 Å². The van der Waals surface area contributed by atoms with Crippen LogP contribution in [-0.2, 0) is 4.79 Å². The number of nitrogens with two attached hydrogens (primary N) is 1. The van der Waals surface area contributed by atoms with Crippen molar-refractivity contribution in [2.45, 2.75) is 28.0 Å². The zero-order chi connectivity index (χ0) is 15.9. The molecule has 2 atom stereocenters. The molecule has 112 valence electrons. The number of fused-ring (bicyclic) bond motifs is 2. The fourth-order valence-corrected chi connectivity index (χ4v) is 3.91. The third-order valence-corrected chi connectivity index (χ3v) is 5.44. The van der Waals surface area contributed by atoms with Crippen LogP contribution in [0.1, 0.15) is 39.7 Å². The molecular formula is C17H14ClNO2S. The Morgan fingerprint density at radius 3 is 2.68 bits per heavy atom. The van der Waals surface area contributed by atoms with Gasteiger partial charge in [-0.15, -0.1) is 11.6 Å². The number of carbonyl (C=O) groups excluding carboxylic acids is 2. The van der Waals surface area contributed by atoms with Crippen molar-refractivity contribution in [3.63, 3.8) is 0 Å². The van der Waals surface area contributed by atoms with Crippen LogP contribution in [-0.4, -0.2) is 11.7 Å². The Morgan fingerprint density at radius 2 is 1.95 bits per heavy atom. The molecule has 0 radical (unpaired) electrons. The largest absolute Gasteiger partial charge is 0.369 e. The van der Waals surface area contributed by atoms with Crippen LogP contribution in [0.5, 0.6) is 0 Å². The van der Waals surface area contributed by atoms with E-state index in [0.29, 0.717) is 5.56 Å². The summed E-state index contributed by atoms with van der Waals surface area (Å²) in [4.78, 5) is 25.9. The third-order valence-electron chi connectivity index (χ3n) is 3.84. The van der Waals surface area contributed by atoms with Crippen molar-refractivity contribution in [2.75, 3.05) is 0 Å². The first-order chi connectivity index (χ1) is 10.5.